The third-order valence-electron chi connectivity index (χ3n) is 2.41. The van der Waals surface area contributed by atoms with E-state index in [1.54, 1.807) is 0 Å². The Morgan fingerprint density at radius 2 is 2.17 bits per heavy atom. The topological polar surface area (TPSA) is 49.3 Å². The van der Waals surface area contributed by atoms with Crippen LogP contribution in [0.25, 0.3) is 0 Å². The number of hydrogen-bond donors (Lipinski definition) is 2. The van der Waals surface area contributed by atoms with Crippen molar-refractivity contribution in [3.8, 4) is 0 Å². The molecule has 2 rings (SSSR count). The van der Waals surface area contributed by atoms with Gasteiger partial charge in [-0.05, 0) is 18.8 Å². The summed E-state index contributed by atoms with van der Waals surface area (Å²) < 4.78 is 0. The molecule has 1 amide bonds. The molecule has 3 nitrogen and oxygen atoms in total. The molecule has 1 heterocycles. The van der Waals surface area contributed by atoms with Gasteiger partial charge >= 0.3 is 0 Å². The summed E-state index contributed by atoms with van der Waals surface area (Å²) in [4.78, 5) is 11.0. The monoisotopic (exact) mass is 171 g/mol. The fourth-order valence-electron chi connectivity index (χ4n) is 1.68. The van der Waals surface area contributed by atoms with Crippen LogP contribution in [-0.4, -0.2) is 23.7 Å². The summed E-state index contributed by atoms with van der Waals surface area (Å²) in [5.41, 5.74) is 0. The van der Waals surface area contributed by atoms with Crippen LogP contribution < -0.4 is 5.32 Å². The Morgan fingerprint density at radius 1 is 1.50 bits per heavy atom. The van der Waals surface area contributed by atoms with Crippen molar-refractivity contribution in [3.63, 3.8) is 0 Å². The largest absolute Gasteiger partial charge is 0.394 e. The summed E-state index contributed by atoms with van der Waals surface area (Å²) in [7, 11) is 0. The van der Waals surface area contributed by atoms with Crippen molar-refractivity contribution in [2.75, 3.05) is 6.61 Å². The Balaban J connectivity index is 0.000000336. The molecule has 1 aliphatic carbocycles. The van der Waals surface area contributed by atoms with Crippen molar-refractivity contribution < 1.29 is 9.90 Å². The van der Waals surface area contributed by atoms with Crippen molar-refractivity contribution in [2.24, 2.45) is 11.8 Å². The molecular weight excluding hydrogens is 154 g/mol. The molecule has 1 saturated carbocycles. The van der Waals surface area contributed by atoms with E-state index in [1.165, 1.54) is 0 Å². The minimum atomic E-state index is 0.0382. The second-order valence-corrected chi connectivity index (χ2v) is 3.23. The highest BCUT2D eigenvalue weighted by Gasteiger charge is 2.47. The van der Waals surface area contributed by atoms with Crippen LogP contribution in [0, 0.1) is 11.8 Å². The highest BCUT2D eigenvalue weighted by atomic mass is 16.3. The minimum Gasteiger partial charge on any atom is -0.394 e. The zero-order valence-corrected chi connectivity index (χ0v) is 7.71. The van der Waals surface area contributed by atoms with Gasteiger partial charge in [-0.25, -0.2) is 0 Å². The Kier molecular flexibility index (Phi) is 3.09. The molecule has 2 aliphatic rings. The fourth-order valence-corrected chi connectivity index (χ4v) is 1.68. The predicted octanol–water partition coefficient (Wildman–Crippen LogP) is 0.529. The molecule has 0 aromatic rings. The van der Waals surface area contributed by atoms with E-state index in [1.807, 2.05) is 13.8 Å². The van der Waals surface area contributed by atoms with Crippen LogP contribution in [0.4, 0.5) is 0 Å². The van der Waals surface area contributed by atoms with Crippen molar-refractivity contribution in [1.82, 2.24) is 5.32 Å². The average Bonchev–Trinajstić information content (AvgIpc) is 2.87. The molecule has 0 aromatic carbocycles. The molecule has 1 saturated heterocycles. The normalized spacial score (nSPS) is 37.2. The molecule has 0 spiro atoms. The van der Waals surface area contributed by atoms with Gasteiger partial charge in [-0.3, -0.25) is 4.79 Å². The van der Waals surface area contributed by atoms with Gasteiger partial charge in [-0.15, -0.1) is 0 Å². The summed E-state index contributed by atoms with van der Waals surface area (Å²) in [5.74, 6) is 1.03. The van der Waals surface area contributed by atoms with Crippen LogP contribution in [0.2, 0.25) is 0 Å². The molecule has 3 unspecified atom stereocenters. The number of amides is 1. The summed E-state index contributed by atoms with van der Waals surface area (Å²) in [6, 6.07) is 0.0382. The first kappa shape index (κ1) is 9.52. The lowest BCUT2D eigenvalue weighted by molar-refractivity contribution is -0.125. The molecule has 70 valence electrons. The van der Waals surface area contributed by atoms with Crippen molar-refractivity contribution in [1.29, 1.82) is 0 Å². The van der Waals surface area contributed by atoms with Gasteiger partial charge < -0.3 is 10.4 Å². The van der Waals surface area contributed by atoms with E-state index in [0.29, 0.717) is 11.8 Å². The van der Waals surface area contributed by atoms with Gasteiger partial charge in [0.25, 0.3) is 0 Å². The number of carbonyl (C=O) groups is 1. The Hall–Kier alpha value is -0.570. The average molecular weight is 171 g/mol. The molecule has 0 radical (unpaired) electrons. The number of rotatable bonds is 1. The fraction of sp³-hybridized carbons (Fsp3) is 0.889. The second-order valence-electron chi connectivity index (χ2n) is 3.23. The van der Waals surface area contributed by atoms with Gasteiger partial charge in [0.05, 0.1) is 12.6 Å². The Bertz CT molecular complexity index is 170. The first-order valence-corrected chi connectivity index (χ1v) is 4.72. The SMILES string of the molecule is CC.O=C1NC(CO)CC2CC12. The number of piperidine rings is 1. The lowest BCUT2D eigenvalue weighted by atomic mass is 10.1. The molecule has 3 heteroatoms. The van der Waals surface area contributed by atoms with Crippen LogP contribution in [0.3, 0.4) is 0 Å². The lowest BCUT2D eigenvalue weighted by Gasteiger charge is -2.20. The number of aliphatic hydroxyl groups is 1. The van der Waals surface area contributed by atoms with E-state index in [0.717, 1.165) is 12.8 Å². The van der Waals surface area contributed by atoms with E-state index < -0.39 is 0 Å². The number of carbonyl (C=O) groups excluding carboxylic acids is 1. The second kappa shape index (κ2) is 3.90. The van der Waals surface area contributed by atoms with Crippen molar-refractivity contribution in [2.45, 2.75) is 32.7 Å². The smallest absolute Gasteiger partial charge is 0.223 e. The number of aliphatic hydroxyl groups excluding tert-OH is 1. The molecule has 1 aliphatic heterocycles. The van der Waals surface area contributed by atoms with Gasteiger partial charge in [-0.1, -0.05) is 13.8 Å². The van der Waals surface area contributed by atoms with Crippen LogP contribution in [0.5, 0.6) is 0 Å². The first-order chi connectivity index (χ1) is 5.81. The van der Waals surface area contributed by atoms with E-state index >= 15 is 0 Å². The maximum absolute atomic E-state index is 11.0. The van der Waals surface area contributed by atoms with E-state index in [9.17, 15) is 4.79 Å². The number of fused-ring (bicyclic) bond motifs is 1. The summed E-state index contributed by atoms with van der Waals surface area (Å²) in [6.07, 6.45) is 2.02. The molecule has 3 atom stereocenters. The minimum absolute atomic E-state index is 0.0382. The summed E-state index contributed by atoms with van der Waals surface area (Å²) in [6.45, 7) is 4.09. The summed E-state index contributed by atoms with van der Waals surface area (Å²) in [5, 5.41) is 11.5. The predicted molar refractivity (Wildman–Crippen MR) is 46.6 cm³/mol. The highest BCUT2D eigenvalue weighted by molar-refractivity contribution is 5.82. The maximum Gasteiger partial charge on any atom is 0.223 e. The van der Waals surface area contributed by atoms with E-state index in [2.05, 4.69) is 5.32 Å². The molecule has 12 heavy (non-hydrogen) atoms. The molecule has 2 N–H and O–H groups in total. The van der Waals surface area contributed by atoms with Crippen LogP contribution >= 0.6 is 0 Å². The highest BCUT2D eigenvalue weighted by Crippen LogP contribution is 2.44. The van der Waals surface area contributed by atoms with Gasteiger partial charge in [0.15, 0.2) is 0 Å². The molecule has 2 fully saturated rings. The van der Waals surface area contributed by atoms with E-state index in [4.69, 9.17) is 5.11 Å². The Labute approximate surface area is 73.2 Å². The Morgan fingerprint density at radius 3 is 2.67 bits per heavy atom. The van der Waals surface area contributed by atoms with Crippen LogP contribution in [0.1, 0.15) is 26.7 Å². The number of hydrogen-bond acceptors (Lipinski definition) is 2. The molecule has 0 bridgehead atoms. The van der Waals surface area contributed by atoms with Crippen LogP contribution in [0.15, 0.2) is 0 Å². The standard InChI is InChI=1S/C7H11NO2.C2H6/c9-3-5-1-4-2-6(4)7(10)8-5;1-2/h4-6,9H,1-3H2,(H,8,10);1-2H3. The first-order valence-electron chi connectivity index (χ1n) is 4.72. The summed E-state index contributed by atoms with van der Waals surface area (Å²) >= 11 is 0. The van der Waals surface area contributed by atoms with Crippen molar-refractivity contribution >= 4 is 5.91 Å². The molecular formula is C9H17NO2. The zero-order chi connectivity index (χ0) is 9.14. The third-order valence-corrected chi connectivity index (χ3v) is 2.41. The third kappa shape index (κ3) is 1.78. The maximum atomic E-state index is 11.0. The van der Waals surface area contributed by atoms with E-state index in [-0.39, 0.29) is 18.6 Å². The quantitative estimate of drug-likeness (QED) is 0.604. The lowest BCUT2D eigenvalue weighted by Crippen LogP contribution is -2.42. The van der Waals surface area contributed by atoms with Crippen molar-refractivity contribution in [3.05, 3.63) is 0 Å². The number of nitrogens with one attached hydrogen (secondary N) is 1. The zero-order valence-electron chi connectivity index (χ0n) is 7.71. The van der Waals surface area contributed by atoms with Crippen LogP contribution in [-0.2, 0) is 4.79 Å². The van der Waals surface area contributed by atoms with Gasteiger partial charge in [-0.2, -0.15) is 0 Å². The van der Waals surface area contributed by atoms with Gasteiger partial charge in [0.2, 0.25) is 5.91 Å². The van der Waals surface area contributed by atoms with Gasteiger partial charge in [0, 0.05) is 5.92 Å². The van der Waals surface area contributed by atoms with Gasteiger partial charge in [0.1, 0.15) is 0 Å². The molecule has 0 aromatic heterocycles.